The lowest BCUT2D eigenvalue weighted by atomic mass is 10.0. The van der Waals surface area contributed by atoms with Gasteiger partial charge in [0.1, 0.15) is 5.75 Å². The standard InChI is InChI=1S/C17H27NO/c1-13-5-4-6-16(9-7-13)18-12-15-8-10-17(19-3)14(2)11-15/h8,10-11,13,16,18H,4-7,9,12H2,1-3H3. The smallest absolute Gasteiger partial charge is 0.121 e. The van der Waals surface area contributed by atoms with Gasteiger partial charge in [-0.25, -0.2) is 0 Å². The van der Waals surface area contributed by atoms with Crippen molar-refractivity contribution in [2.45, 2.75) is 58.5 Å². The lowest BCUT2D eigenvalue weighted by molar-refractivity contribution is 0.411. The molecule has 2 heteroatoms. The Morgan fingerprint density at radius 3 is 2.79 bits per heavy atom. The Morgan fingerprint density at radius 2 is 2.05 bits per heavy atom. The third kappa shape index (κ3) is 4.24. The second-order valence-electron chi connectivity index (χ2n) is 6.00. The zero-order valence-corrected chi connectivity index (χ0v) is 12.5. The highest BCUT2D eigenvalue weighted by atomic mass is 16.5. The van der Waals surface area contributed by atoms with Crippen molar-refractivity contribution in [3.8, 4) is 5.75 Å². The molecule has 1 aromatic rings. The molecule has 0 aromatic heterocycles. The van der Waals surface area contributed by atoms with Crippen LogP contribution in [0.15, 0.2) is 18.2 Å². The summed E-state index contributed by atoms with van der Waals surface area (Å²) in [6.45, 7) is 5.47. The Hall–Kier alpha value is -1.02. The van der Waals surface area contributed by atoms with Crippen LogP contribution in [-0.2, 0) is 6.54 Å². The van der Waals surface area contributed by atoms with Gasteiger partial charge in [0.25, 0.3) is 0 Å². The lowest BCUT2D eigenvalue weighted by Crippen LogP contribution is -2.27. The van der Waals surface area contributed by atoms with Gasteiger partial charge in [-0.05, 0) is 49.3 Å². The first-order valence-corrected chi connectivity index (χ1v) is 7.56. The second-order valence-corrected chi connectivity index (χ2v) is 6.00. The molecule has 2 unspecified atom stereocenters. The van der Waals surface area contributed by atoms with Gasteiger partial charge in [-0.2, -0.15) is 0 Å². The molecular weight excluding hydrogens is 234 g/mol. The van der Waals surface area contributed by atoms with Crippen LogP contribution < -0.4 is 10.1 Å². The molecular formula is C17H27NO. The molecule has 0 saturated heterocycles. The fourth-order valence-corrected chi connectivity index (χ4v) is 3.00. The van der Waals surface area contributed by atoms with Crippen LogP contribution in [0.3, 0.4) is 0 Å². The Balaban J connectivity index is 1.86. The zero-order chi connectivity index (χ0) is 13.7. The van der Waals surface area contributed by atoms with Crippen LogP contribution in [0.25, 0.3) is 0 Å². The van der Waals surface area contributed by atoms with Gasteiger partial charge >= 0.3 is 0 Å². The van der Waals surface area contributed by atoms with Crippen molar-refractivity contribution in [2.24, 2.45) is 5.92 Å². The normalized spacial score (nSPS) is 23.9. The average molecular weight is 261 g/mol. The van der Waals surface area contributed by atoms with E-state index in [-0.39, 0.29) is 0 Å². The van der Waals surface area contributed by atoms with Gasteiger partial charge in [0.15, 0.2) is 0 Å². The molecule has 2 atom stereocenters. The summed E-state index contributed by atoms with van der Waals surface area (Å²) in [5, 5.41) is 3.72. The summed E-state index contributed by atoms with van der Waals surface area (Å²) >= 11 is 0. The molecule has 1 fully saturated rings. The van der Waals surface area contributed by atoms with Crippen LogP contribution in [0.1, 0.15) is 50.2 Å². The molecule has 0 amide bonds. The predicted molar refractivity (Wildman–Crippen MR) is 80.6 cm³/mol. The molecule has 0 heterocycles. The van der Waals surface area contributed by atoms with Crippen LogP contribution in [0.4, 0.5) is 0 Å². The van der Waals surface area contributed by atoms with Gasteiger partial charge in [0.2, 0.25) is 0 Å². The minimum Gasteiger partial charge on any atom is -0.496 e. The van der Waals surface area contributed by atoms with E-state index in [1.807, 2.05) is 0 Å². The molecule has 0 bridgehead atoms. The first-order chi connectivity index (χ1) is 9.19. The third-order valence-corrected chi connectivity index (χ3v) is 4.31. The minimum atomic E-state index is 0.701. The largest absolute Gasteiger partial charge is 0.496 e. The molecule has 0 radical (unpaired) electrons. The summed E-state index contributed by atoms with van der Waals surface area (Å²) in [4.78, 5) is 0. The molecule has 19 heavy (non-hydrogen) atoms. The van der Waals surface area contributed by atoms with Crippen LogP contribution in [-0.4, -0.2) is 13.2 Å². The number of methoxy groups -OCH3 is 1. The lowest BCUT2D eigenvalue weighted by Gasteiger charge is -2.17. The summed E-state index contributed by atoms with van der Waals surface area (Å²) in [7, 11) is 1.73. The quantitative estimate of drug-likeness (QED) is 0.825. The second kappa shape index (κ2) is 6.95. The van der Waals surface area contributed by atoms with E-state index in [0.29, 0.717) is 6.04 Å². The van der Waals surface area contributed by atoms with Crippen molar-refractivity contribution in [3.63, 3.8) is 0 Å². The molecule has 1 aliphatic rings. The van der Waals surface area contributed by atoms with E-state index in [9.17, 15) is 0 Å². The van der Waals surface area contributed by atoms with Gasteiger partial charge in [-0.1, -0.05) is 31.9 Å². The van der Waals surface area contributed by atoms with E-state index in [0.717, 1.165) is 18.2 Å². The first kappa shape index (κ1) is 14.4. The van der Waals surface area contributed by atoms with Crippen LogP contribution in [0.2, 0.25) is 0 Å². The van der Waals surface area contributed by atoms with E-state index in [2.05, 4.69) is 37.4 Å². The highest BCUT2D eigenvalue weighted by Gasteiger charge is 2.15. The van der Waals surface area contributed by atoms with Crippen LogP contribution in [0, 0.1) is 12.8 Å². The molecule has 0 aliphatic heterocycles. The van der Waals surface area contributed by atoms with Gasteiger partial charge in [0.05, 0.1) is 7.11 Å². The highest BCUT2D eigenvalue weighted by Crippen LogP contribution is 2.23. The summed E-state index contributed by atoms with van der Waals surface area (Å²) in [6, 6.07) is 7.16. The molecule has 0 spiro atoms. The monoisotopic (exact) mass is 261 g/mol. The predicted octanol–water partition coefficient (Wildman–Crippen LogP) is 4.06. The molecule has 2 nitrogen and oxygen atoms in total. The topological polar surface area (TPSA) is 21.3 Å². The summed E-state index contributed by atoms with van der Waals surface area (Å²) < 4.78 is 5.30. The molecule has 1 N–H and O–H groups in total. The van der Waals surface area contributed by atoms with E-state index >= 15 is 0 Å². The maximum atomic E-state index is 5.30. The van der Waals surface area contributed by atoms with E-state index in [1.54, 1.807) is 7.11 Å². The number of benzene rings is 1. The van der Waals surface area contributed by atoms with Gasteiger partial charge in [-0.15, -0.1) is 0 Å². The Morgan fingerprint density at radius 1 is 1.21 bits per heavy atom. The SMILES string of the molecule is COc1ccc(CNC2CCCC(C)CC2)cc1C. The highest BCUT2D eigenvalue weighted by molar-refractivity contribution is 5.36. The molecule has 1 aliphatic carbocycles. The summed E-state index contributed by atoms with van der Waals surface area (Å²) in [5.41, 5.74) is 2.58. The summed E-state index contributed by atoms with van der Waals surface area (Å²) in [5.74, 6) is 1.89. The Bertz CT molecular complexity index is 402. The maximum absolute atomic E-state index is 5.30. The van der Waals surface area contributed by atoms with E-state index in [1.165, 1.54) is 43.2 Å². The van der Waals surface area contributed by atoms with Gasteiger partial charge < -0.3 is 10.1 Å². The number of ether oxygens (including phenoxy) is 1. The van der Waals surface area contributed by atoms with E-state index in [4.69, 9.17) is 4.74 Å². The number of nitrogens with one attached hydrogen (secondary N) is 1. The first-order valence-electron chi connectivity index (χ1n) is 7.56. The molecule has 1 saturated carbocycles. The van der Waals surface area contributed by atoms with Crippen molar-refractivity contribution in [1.29, 1.82) is 0 Å². The summed E-state index contributed by atoms with van der Waals surface area (Å²) in [6.07, 6.45) is 6.81. The fourth-order valence-electron chi connectivity index (χ4n) is 3.00. The van der Waals surface area contributed by atoms with Crippen molar-refractivity contribution >= 4 is 0 Å². The fraction of sp³-hybridized carbons (Fsp3) is 0.647. The average Bonchev–Trinajstić information content (AvgIpc) is 2.61. The number of hydrogen-bond donors (Lipinski definition) is 1. The molecule has 1 aromatic carbocycles. The number of rotatable bonds is 4. The Kier molecular flexibility index (Phi) is 5.26. The molecule has 2 rings (SSSR count). The van der Waals surface area contributed by atoms with Crippen LogP contribution >= 0.6 is 0 Å². The molecule has 106 valence electrons. The number of aryl methyl sites for hydroxylation is 1. The van der Waals surface area contributed by atoms with Crippen molar-refractivity contribution in [1.82, 2.24) is 5.32 Å². The maximum Gasteiger partial charge on any atom is 0.121 e. The van der Waals surface area contributed by atoms with Gasteiger partial charge in [-0.3, -0.25) is 0 Å². The number of hydrogen-bond acceptors (Lipinski definition) is 2. The third-order valence-electron chi connectivity index (χ3n) is 4.31. The van der Waals surface area contributed by atoms with E-state index < -0.39 is 0 Å². The minimum absolute atomic E-state index is 0.701. The Labute approximate surface area is 117 Å². The van der Waals surface area contributed by atoms with Crippen molar-refractivity contribution < 1.29 is 4.74 Å². The van der Waals surface area contributed by atoms with Crippen LogP contribution in [0.5, 0.6) is 5.75 Å². The van der Waals surface area contributed by atoms with Crippen molar-refractivity contribution in [3.05, 3.63) is 29.3 Å². The van der Waals surface area contributed by atoms with Gasteiger partial charge in [0, 0.05) is 12.6 Å². The zero-order valence-electron chi connectivity index (χ0n) is 12.5. The van der Waals surface area contributed by atoms with Crippen molar-refractivity contribution in [2.75, 3.05) is 7.11 Å².